The van der Waals surface area contributed by atoms with E-state index in [0.29, 0.717) is 22.7 Å². The van der Waals surface area contributed by atoms with E-state index in [1.807, 2.05) is 26.0 Å². The lowest BCUT2D eigenvalue weighted by atomic mass is 10.2. The van der Waals surface area contributed by atoms with Gasteiger partial charge in [0.1, 0.15) is 17.2 Å². The number of hydrogen-bond acceptors (Lipinski definition) is 2. The van der Waals surface area contributed by atoms with Crippen molar-refractivity contribution in [1.82, 2.24) is 14.5 Å². The van der Waals surface area contributed by atoms with Crippen molar-refractivity contribution < 1.29 is 4.39 Å². The van der Waals surface area contributed by atoms with E-state index >= 15 is 0 Å². The largest absolute Gasteiger partial charge is 0.276 e. The highest BCUT2D eigenvalue weighted by atomic mass is 79.9. The van der Waals surface area contributed by atoms with Gasteiger partial charge in [0.2, 0.25) is 0 Å². The maximum atomic E-state index is 14.3. The summed E-state index contributed by atoms with van der Waals surface area (Å²) in [6, 6.07) is 6.81. The van der Waals surface area contributed by atoms with E-state index in [-0.39, 0.29) is 11.2 Å². The molecule has 1 unspecified atom stereocenters. The summed E-state index contributed by atoms with van der Waals surface area (Å²) in [7, 11) is 0. The molecule has 6 heteroatoms. The normalized spacial score (nSPS) is 12.8. The summed E-state index contributed by atoms with van der Waals surface area (Å²) in [5.74, 6) is 0.253. The summed E-state index contributed by atoms with van der Waals surface area (Å²) < 4.78 is 16.9. The predicted molar refractivity (Wildman–Crippen MR) is 85.5 cm³/mol. The molecule has 0 saturated carbocycles. The fourth-order valence-electron chi connectivity index (χ4n) is 2.35. The van der Waals surface area contributed by atoms with Crippen molar-refractivity contribution in [2.75, 3.05) is 0 Å². The molecule has 0 aliphatic rings. The number of aromatic nitrogens is 3. The van der Waals surface area contributed by atoms with Gasteiger partial charge in [0.15, 0.2) is 5.65 Å². The van der Waals surface area contributed by atoms with E-state index in [9.17, 15) is 4.39 Å². The first-order chi connectivity index (χ1) is 9.99. The lowest BCUT2D eigenvalue weighted by Gasteiger charge is -2.13. The van der Waals surface area contributed by atoms with Crippen LogP contribution >= 0.6 is 27.5 Å². The van der Waals surface area contributed by atoms with Gasteiger partial charge in [0.25, 0.3) is 0 Å². The Balaban J connectivity index is 2.42. The van der Waals surface area contributed by atoms with Crippen molar-refractivity contribution in [3.8, 4) is 5.69 Å². The van der Waals surface area contributed by atoms with Crippen molar-refractivity contribution in [3.63, 3.8) is 0 Å². The molecule has 0 fully saturated rings. The molecule has 0 radical (unpaired) electrons. The number of para-hydroxylation sites is 1. The summed E-state index contributed by atoms with van der Waals surface area (Å²) in [5.41, 5.74) is 2.51. The Morgan fingerprint density at radius 1 is 1.38 bits per heavy atom. The number of imidazole rings is 1. The standard InChI is InChI=1S/C15H12BrClFN3/c1-8-4-3-5-11(18)13(8)21-14(9(2)17)20-12-6-10(16)7-19-15(12)21/h3-7,9H,1-2H3. The van der Waals surface area contributed by atoms with Gasteiger partial charge in [-0.15, -0.1) is 11.6 Å². The second kappa shape index (κ2) is 5.39. The molecule has 0 aliphatic carbocycles. The van der Waals surface area contributed by atoms with Gasteiger partial charge in [0.05, 0.1) is 11.1 Å². The Labute approximate surface area is 134 Å². The van der Waals surface area contributed by atoms with Crippen molar-refractivity contribution in [2.45, 2.75) is 19.2 Å². The molecule has 1 atom stereocenters. The monoisotopic (exact) mass is 367 g/mol. The lowest BCUT2D eigenvalue weighted by molar-refractivity contribution is 0.614. The number of aryl methyl sites for hydroxylation is 1. The molecule has 2 heterocycles. The molecular weight excluding hydrogens is 357 g/mol. The van der Waals surface area contributed by atoms with Gasteiger partial charge >= 0.3 is 0 Å². The van der Waals surface area contributed by atoms with Gasteiger partial charge in [-0.05, 0) is 47.5 Å². The summed E-state index contributed by atoms with van der Waals surface area (Å²) in [6.45, 7) is 3.66. The number of hydrogen-bond donors (Lipinski definition) is 0. The summed E-state index contributed by atoms with van der Waals surface area (Å²) in [5, 5.41) is -0.364. The van der Waals surface area contributed by atoms with Crippen LogP contribution in [0.25, 0.3) is 16.9 Å². The molecule has 0 N–H and O–H groups in total. The maximum absolute atomic E-state index is 14.3. The number of fused-ring (bicyclic) bond motifs is 1. The first-order valence-electron chi connectivity index (χ1n) is 6.42. The minimum absolute atomic E-state index is 0.322. The molecule has 3 aromatic rings. The third-order valence-electron chi connectivity index (χ3n) is 3.26. The molecule has 0 amide bonds. The van der Waals surface area contributed by atoms with Gasteiger partial charge in [-0.3, -0.25) is 4.57 Å². The van der Waals surface area contributed by atoms with Crippen molar-refractivity contribution >= 4 is 38.7 Å². The second-order valence-electron chi connectivity index (χ2n) is 4.82. The molecule has 108 valence electrons. The van der Waals surface area contributed by atoms with Crippen LogP contribution in [-0.4, -0.2) is 14.5 Å². The van der Waals surface area contributed by atoms with Crippen LogP contribution < -0.4 is 0 Å². The number of pyridine rings is 1. The summed E-state index contributed by atoms with van der Waals surface area (Å²) in [4.78, 5) is 8.87. The molecule has 2 aromatic heterocycles. The zero-order valence-corrected chi connectivity index (χ0v) is 13.8. The first-order valence-corrected chi connectivity index (χ1v) is 7.65. The minimum Gasteiger partial charge on any atom is -0.276 e. The van der Waals surface area contributed by atoms with Gasteiger partial charge in [0, 0.05) is 10.7 Å². The minimum atomic E-state index is -0.364. The topological polar surface area (TPSA) is 30.7 Å². The van der Waals surface area contributed by atoms with Gasteiger partial charge in [-0.1, -0.05) is 12.1 Å². The van der Waals surface area contributed by atoms with Crippen LogP contribution in [0.15, 0.2) is 34.9 Å². The maximum Gasteiger partial charge on any atom is 0.164 e. The third kappa shape index (κ3) is 2.45. The second-order valence-corrected chi connectivity index (χ2v) is 6.39. The Kier molecular flexibility index (Phi) is 3.71. The molecular formula is C15H12BrClFN3. The highest BCUT2D eigenvalue weighted by molar-refractivity contribution is 9.10. The smallest absolute Gasteiger partial charge is 0.164 e. The molecule has 0 saturated heterocycles. The van der Waals surface area contributed by atoms with E-state index in [4.69, 9.17) is 11.6 Å². The van der Waals surface area contributed by atoms with Crippen LogP contribution in [-0.2, 0) is 0 Å². The summed E-state index contributed by atoms with van der Waals surface area (Å²) in [6.07, 6.45) is 1.67. The van der Waals surface area contributed by atoms with Crippen LogP contribution in [0.2, 0.25) is 0 Å². The van der Waals surface area contributed by atoms with Gasteiger partial charge in [-0.25, -0.2) is 14.4 Å². The van der Waals surface area contributed by atoms with Crippen LogP contribution in [0.1, 0.15) is 23.7 Å². The molecule has 0 spiro atoms. The van der Waals surface area contributed by atoms with E-state index in [1.54, 1.807) is 16.8 Å². The SMILES string of the molecule is Cc1cccc(F)c1-n1c(C(C)Cl)nc2cc(Br)cnc21. The molecule has 0 aliphatic heterocycles. The zero-order chi connectivity index (χ0) is 15.1. The molecule has 3 nitrogen and oxygen atoms in total. The fraction of sp³-hybridized carbons (Fsp3) is 0.200. The Bertz CT molecular complexity index is 809. The Morgan fingerprint density at radius 3 is 2.81 bits per heavy atom. The van der Waals surface area contributed by atoms with Crippen molar-refractivity contribution in [2.24, 2.45) is 0 Å². The van der Waals surface area contributed by atoms with E-state index in [1.165, 1.54) is 6.07 Å². The fourth-order valence-corrected chi connectivity index (χ4v) is 2.82. The highest BCUT2D eigenvalue weighted by Gasteiger charge is 2.20. The van der Waals surface area contributed by atoms with E-state index in [0.717, 1.165) is 10.0 Å². The first kappa shape index (κ1) is 14.5. The average Bonchev–Trinajstić information content (AvgIpc) is 2.77. The van der Waals surface area contributed by atoms with Crippen LogP contribution in [0, 0.1) is 12.7 Å². The number of rotatable bonds is 2. The average molecular weight is 369 g/mol. The Hall–Kier alpha value is -1.46. The van der Waals surface area contributed by atoms with Crippen LogP contribution in [0.3, 0.4) is 0 Å². The van der Waals surface area contributed by atoms with E-state index in [2.05, 4.69) is 25.9 Å². The summed E-state index contributed by atoms with van der Waals surface area (Å²) >= 11 is 9.60. The number of nitrogens with zero attached hydrogens (tertiary/aromatic N) is 3. The van der Waals surface area contributed by atoms with Crippen molar-refractivity contribution in [1.29, 1.82) is 0 Å². The number of halogens is 3. The van der Waals surface area contributed by atoms with Gasteiger partial charge in [-0.2, -0.15) is 0 Å². The third-order valence-corrected chi connectivity index (χ3v) is 3.89. The molecule has 0 bridgehead atoms. The zero-order valence-electron chi connectivity index (χ0n) is 11.4. The van der Waals surface area contributed by atoms with E-state index < -0.39 is 0 Å². The molecule has 1 aromatic carbocycles. The molecule has 3 rings (SSSR count). The molecule has 21 heavy (non-hydrogen) atoms. The van der Waals surface area contributed by atoms with Crippen LogP contribution in [0.5, 0.6) is 0 Å². The Morgan fingerprint density at radius 2 is 2.14 bits per heavy atom. The van der Waals surface area contributed by atoms with Gasteiger partial charge < -0.3 is 0 Å². The number of alkyl halides is 1. The quantitative estimate of drug-likeness (QED) is 0.600. The highest BCUT2D eigenvalue weighted by Crippen LogP contribution is 2.30. The predicted octanol–water partition coefficient (Wildman–Crippen LogP) is 4.93. The van der Waals surface area contributed by atoms with Crippen LogP contribution in [0.4, 0.5) is 4.39 Å². The number of benzene rings is 1. The van der Waals surface area contributed by atoms with Crippen molar-refractivity contribution in [3.05, 3.63) is 52.1 Å². The lowest BCUT2D eigenvalue weighted by Crippen LogP contribution is -2.06.